The van der Waals surface area contributed by atoms with Crippen LogP contribution in [0.25, 0.3) is 10.8 Å². The van der Waals surface area contributed by atoms with Gasteiger partial charge in [-0.2, -0.15) is 0 Å². The first kappa shape index (κ1) is 16.6. The number of aryl methyl sites for hydroxylation is 1. The van der Waals surface area contributed by atoms with E-state index >= 15 is 0 Å². The van der Waals surface area contributed by atoms with Gasteiger partial charge in [-0.3, -0.25) is 0 Å². The van der Waals surface area contributed by atoms with Crippen molar-refractivity contribution in [3.8, 4) is 0 Å². The first-order valence-corrected chi connectivity index (χ1v) is 8.06. The molecule has 0 bridgehead atoms. The Balaban J connectivity index is 2.48. The monoisotopic (exact) mass is 300 g/mol. The van der Waals surface area contributed by atoms with E-state index in [0.717, 1.165) is 29.6 Å². The minimum atomic E-state index is -0.0615. The Bertz CT molecular complexity index is 651. The minimum absolute atomic E-state index is 0.0615. The second kappa shape index (κ2) is 6.57. The first-order valence-electron chi connectivity index (χ1n) is 8.06. The maximum absolute atomic E-state index is 9.19. The van der Waals surface area contributed by atoms with Crippen molar-refractivity contribution in [3.63, 3.8) is 0 Å². The number of rotatable bonds is 6. The van der Waals surface area contributed by atoms with Crippen molar-refractivity contribution in [3.05, 3.63) is 35.9 Å². The van der Waals surface area contributed by atoms with E-state index < -0.39 is 0 Å². The van der Waals surface area contributed by atoms with Crippen molar-refractivity contribution in [2.45, 2.75) is 46.1 Å². The molecule has 1 atom stereocenters. The Morgan fingerprint density at radius 2 is 1.95 bits per heavy atom. The van der Waals surface area contributed by atoms with Crippen LogP contribution in [0.4, 0.5) is 11.4 Å². The quantitative estimate of drug-likeness (QED) is 0.696. The van der Waals surface area contributed by atoms with Crippen LogP contribution in [0, 0.1) is 12.8 Å². The third kappa shape index (κ3) is 3.20. The molecular formula is C19H28N2O. The highest BCUT2D eigenvalue weighted by atomic mass is 16.2. The molecular weight excluding hydrogens is 272 g/mol. The Kier molecular flexibility index (Phi) is 4.97. The number of nitrogens with one attached hydrogen (secondary N) is 1. The van der Waals surface area contributed by atoms with Gasteiger partial charge in [0.05, 0.1) is 0 Å². The molecule has 2 aromatic carbocycles. The molecule has 2 rings (SSSR count). The van der Waals surface area contributed by atoms with Gasteiger partial charge < -0.3 is 16.2 Å². The van der Waals surface area contributed by atoms with Crippen LogP contribution in [0.3, 0.4) is 0 Å². The normalized spacial score (nSPS) is 14.3. The SMILES string of the molecule is Cc1ccc(N)c2cccc(NC(C)(CCCO)C(C)C)c12. The van der Waals surface area contributed by atoms with E-state index in [1.807, 2.05) is 12.1 Å². The molecule has 0 radical (unpaired) electrons. The molecule has 0 aliphatic carbocycles. The van der Waals surface area contributed by atoms with Crippen molar-refractivity contribution >= 4 is 22.1 Å². The van der Waals surface area contributed by atoms with Crippen molar-refractivity contribution < 1.29 is 5.11 Å². The summed E-state index contributed by atoms with van der Waals surface area (Å²) >= 11 is 0. The molecule has 1 unspecified atom stereocenters. The van der Waals surface area contributed by atoms with Gasteiger partial charge in [0.15, 0.2) is 0 Å². The molecule has 3 heteroatoms. The second-order valence-corrected chi connectivity index (χ2v) is 6.72. The fourth-order valence-corrected chi connectivity index (χ4v) is 2.96. The zero-order chi connectivity index (χ0) is 16.3. The number of benzene rings is 2. The molecule has 4 N–H and O–H groups in total. The molecule has 0 amide bonds. The van der Waals surface area contributed by atoms with Crippen LogP contribution in [-0.2, 0) is 0 Å². The number of nitrogens with two attached hydrogens (primary N) is 1. The van der Waals surface area contributed by atoms with Crippen molar-refractivity contribution in [1.29, 1.82) is 0 Å². The average Bonchev–Trinajstić information content (AvgIpc) is 2.49. The van der Waals surface area contributed by atoms with Gasteiger partial charge in [-0.15, -0.1) is 0 Å². The summed E-state index contributed by atoms with van der Waals surface area (Å²) in [6.07, 6.45) is 1.73. The number of anilines is 2. The van der Waals surface area contributed by atoms with E-state index in [9.17, 15) is 5.11 Å². The van der Waals surface area contributed by atoms with Crippen molar-refractivity contribution in [1.82, 2.24) is 0 Å². The molecule has 0 saturated heterocycles. The van der Waals surface area contributed by atoms with E-state index in [2.05, 4.69) is 51.2 Å². The Hall–Kier alpha value is -1.74. The summed E-state index contributed by atoms with van der Waals surface area (Å²) in [4.78, 5) is 0. The summed E-state index contributed by atoms with van der Waals surface area (Å²) in [6, 6.07) is 10.3. The number of fused-ring (bicyclic) bond motifs is 1. The van der Waals surface area contributed by atoms with Gasteiger partial charge in [0.2, 0.25) is 0 Å². The summed E-state index contributed by atoms with van der Waals surface area (Å²) in [6.45, 7) is 9.01. The second-order valence-electron chi connectivity index (χ2n) is 6.72. The van der Waals surface area contributed by atoms with Gasteiger partial charge in [-0.05, 0) is 50.3 Å². The predicted octanol–water partition coefficient (Wildman–Crippen LogP) is 4.33. The smallest absolute Gasteiger partial charge is 0.0431 e. The standard InChI is InChI=1S/C19H28N2O/c1-13(2)19(4,11-6-12-22)21-17-8-5-7-15-16(20)10-9-14(3)18(15)17/h5,7-10,13,21-22H,6,11-12,20H2,1-4H3. The molecule has 0 aliphatic rings. The third-order valence-electron chi connectivity index (χ3n) is 4.83. The van der Waals surface area contributed by atoms with E-state index in [0.29, 0.717) is 5.92 Å². The van der Waals surface area contributed by atoms with Crippen molar-refractivity contribution in [2.24, 2.45) is 5.92 Å². The zero-order valence-corrected chi connectivity index (χ0v) is 14.1. The van der Waals surface area contributed by atoms with E-state index in [-0.39, 0.29) is 12.1 Å². The van der Waals surface area contributed by atoms with Crippen molar-refractivity contribution in [2.75, 3.05) is 17.7 Å². The van der Waals surface area contributed by atoms with E-state index in [4.69, 9.17) is 5.73 Å². The average molecular weight is 300 g/mol. The van der Waals surface area contributed by atoms with Crippen LogP contribution in [0.5, 0.6) is 0 Å². The Morgan fingerprint density at radius 3 is 2.59 bits per heavy atom. The largest absolute Gasteiger partial charge is 0.398 e. The summed E-state index contributed by atoms with van der Waals surface area (Å²) in [5.74, 6) is 0.454. The predicted molar refractivity (Wildman–Crippen MR) is 96.3 cm³/mol. The molecule has 0 aliphatic heterocycles. The molecule has 0 spiro atoms. The topological polar surface area (TPSA) is 58.3 Å². The molecule has 3 nitrogen and oxygen atoms in total. The van der Waals surface area contributed by atoms with Crippen LogP contribution in [0.1, 0.15) is 39.2 Å². The number of aliphatic hydroxyl groups is 1. The fourth-order valence-electron chi connectivity index (χ4n) is 2.96. The molecule has 0 saturated carbocycles. The third-order valence-corrected chi connectivity index (χ3v) is 4.83. The molecule has 0 fully saturated rings. The number of hydrogen-bond acceptors (Lipinski definition) is 3. The summed E-state index contributed by atoms with van der Waals surface area (Å²) in [7, 11) is 0. The molecule has 22 heavy (non-hydrogen) atoms. The lowest BCUT2D eigenvalue weighted by atomic mass is 9.83. The first-order chi connectivity index (χ1) is 10.4. The molecule has 0 aromatic heterocycles. The van der Waals surface area contributed by atoms with E-state index in [1.165, 1.54) is 10.9 Å². The molecule has 120 valence electrons. The van der Waals surface area contributed by atoms with Crippen LogP contribution in [0.15, 0.2) is 30.3 Å². The lowest BCUT2D eigenvalue weighted by Crippen LogP contribution is -2.40. The minimum Gasteiger partial charge on any atom is -0.398 e. The summed E-state index contributed by atoms with van der Waals surface area (Å²) in [5.41, 5.74) is 9.23. The Labute approximate surface area is 133 Å². The highest BCUT2D eigenvalue weighted by Gasteiger charge is 2.28. The van der Waals surface area contributed by atoms with E-state index in [1.54, 1.807) is 0 Å². The summed E-state index contributed by atoms with van der Waals surface area (Å²) < 4.78 is 0. The number of aliphatic hydroxyl groups excluding tert-OH is 1. The van der Waals surface area contributed by atoms with Crippen LogP contribution >= 0.6 is 0 Å². The van der Waals surface area contributed by atoms with Gasteiger partial charge in [0.25, 0.3) is 0 Å². The number of nitrogen functional groups attached to an aromatic ring is 1. The highest BCUT2D eigenvalue weighted by Crippen LogP contribution is 2.35. The molecule has 2 aromatic rings. The fraction of sp³-hybridized carbons (Fsp3) is 0.474. The van der Waals surface area contributed by atoms with Crippen LogP contribution in [-0.4, -0.2) is 17.3 Å². The van der Waals surface area contributed by atoms with Gasteiger partial charge in [-0.25, -0.2) is 0 Å². The highest BCUT2D eigenvalue weighted by molar-refractivity contribution is 6.02. The lowest BCUT2D eigenvalue weighted by molar-refractivity contribution is 0.252. The molecule has 0 heterocycles. The lowest BCUT2D eigenvalue weighted by Gasteiger charge is -2.36. The number of hydrogen-bond donors (Lipinski definition) is 3. The van der Waals surface area contributed by atoms with Crippen LogP contribution < -0.4 is 11.1 Å². The maximum atomic E-state index is 9.19. The van der Waals surface area contributed by atoms with Gasteiger partial charge in [-0.1, -0.05) is 32.0 Å². The Morgan fingerprint density at radius 1 is 1.23 bits per heavy atom. The van der Waals surface area contributed by atoms with Gasteiger partial charge in [0, 0.05) is 34.3 Å². The van der Waals surface area contributed by atoms with Gasteiger partial charge in [0.1, 0.15) is 0 Å². The van der Waals surface area contributed by atoms with Crippen LogP contribution in [0.2, 0.25) is 0 Å². The summed E-state index contributed by atoms with van der Waals surface area (Å²) in [5, 5.41) is 15.2. The van der Waals surface area contributed by atoms with Gasteiger partial charge >= 0.3 is 0 Å². The maximum Gasteiger partial charge on any atom is 0.0431 e. The zero-order valence-electron chi connectivity index (χ0n) is 14.1.